The molecule has 5 nitrogen and oxygen atoms in total. The average molecular weight is 303 g/mol. The Morgan fingerprint density at radius 3 is 2.71 bits per heavy atom. The van der Waals surface area contributed by atoms with Crippen LogP contribution in [-0.2, 0) is 6.54 Å². The highest BCUT2D eigenvalue weighted by Gasteiger charge is 2.13. The molecule has 0 saturated carbocycles. The fourth-order valence-electron chi connectivity index (χ4n) is 2.02. The molecule has 3 rings (SSSR count). The molecule has 0 radical (unpaired) electrons. The van der Waals surface area contributed by atoms with E-state index in [2.05, 4.69) is 11.9 Å². The SMILES string of the molecule is CCCOc1ccc(Oc2nc3sccn3c2CN)cc1. The maximum absolute atomic E-state index is 5.84. The van der Waals surface area contributed by atoms with Crippen molar-refractivity contribution in [1.82, 2.24) is 9.38 Å². The lowest BCUT2D eigenvalue weighted by Gasteiger charge is -2.07. The number of aromatic nitrogens is 2. The van der Waals surface area contributed by atoms with Gasteiger partial charge in [0, 0.05) is 18.1 Å². The summed E-state index contributed by atoms with van der Waals surface area (Å²) in [5.41, 5.74) is 6.67. The largest absolute Gasteiger partial charge is 0.494 e. The summed E-state index contributed by atoms with van der Waals surface area (Å²) in [6.45, 7) is 3.18. The standard InChI is InChI=1S/C15H17N3O2S/c1-2-8-19-11-3-5-12(6-4-11)20-14-13(10-16)18-7-9-21-15(18)17-14/h3-7,9H,2,8,10,16H2,1H3. The van der Waals surface area contributed by atoms with E-state index in [1.807, 2.05) is 40.2 Å². The Hall–Kier alpha value is -2.05. The number of ether oxygens (including phenoxy) is 2. The molecular weight excluding hydrogens is 286 g/mol. The average Bonchev–Trinajstić information content (AvgIpc) is 3.07. The summed E-state index contributed by atoms with van der Waals surface area (Å²) in [5.74, 6) is 2.12. The predicted octanol–water partition coefficient (Wildman–Crippen LogP) is 3.44. The van der Waals surface area contributed by atoms with Crippen molar-refractivity contribution in [2.45, 2.75) is 19.9 Å². The number of thiazole rings is 1. The second kappa shape index (κ2) is 6.15. The highest BCUT2D eigenvalue weighted by Crippen LogP contribution is 2.28. The maximum Gasteiger partial charge on any atom is 0.243 e. The van der Waals surface area contributed by atoms with Crippen LogP contribution in [0.3, 0.4) is 0 Å². The topological polar surface area (TPSA) is 61.8 Å². The molecule has 3 aromatic rings. The zero-order chi connectivity index (χ0) is 14.7. The molecule has 0 aliphatic carbocycles. The third kappa shape index (κ3) is 2.86. The first-order chi connectivity index (χ1) is 10.3. The molecule has 1 aromatic carbocycles. The van der Waals surface area contributed by atoms with Crippen molar-refractivity contribution < 1.29 is 9.47 Å². The number of benzene rings is 1. The van der Waals surface area contributed by atoms with Gasteiger partial charge in [0.25, 0.3) is 0 Å². The van der Waals surface area contributed by atoms with Gasteiger partial charge in [-0.2, -0.15) is 4.98 Å². The molecule has 0 amide bonds. The summed E-state index contributed by atoms with van der Waals surface area (Å²) >= 11 is 1.56. The maximum atomic E-state index is 5.84. The van der Waals surface area contributed by atoms with Crippen molar-refractivity contribution in [2.24, 2.45) is 5.73 Å². The molecule has 21 heavy (non-hydrogen) atoms. The molecule has 2 aromatic heterocycles. The normalized spacial score (nSPS) is 11.0. The van der Waals surface area contributed by atoms with Gasteiger partial charge in [-0.25, -0.2) is 0 Å². The highest BCUT2D eigenvalue weighted by molar-refractivity contribution is 7.15. The van der Waals surface area contributed by atoms with Gasteiger partial charge in [0.15, 0.2) is 4.96 Å². The molecule has 0 bridgehead atoms. The molecule has 0 aliphatic rings. The predicted molar refractivity (Wildman–Crippen MR) is 83.3 cm³/mol. The van der Waals surface area contributed by atoms with Crippen molar-refractivity contribution in [3.63, 3.8) is 0 Å². The van der Waals surface area contributed by atoms with Crippen LogP contribution in [0.1, 0.15) is 19.0 Å². The van der Waals surface area contributed by atoms with Crippen LogP contribution in [0.5, 0.6) is 17.4 Å². The van der Waals surface area contributed by atoms with Crippen LogP contribution >= 0.6 is 11.3 Å². The van der Waals surface area contributed by atoms with Gasteiger partial charge < -0.3 is 15.2 Å². The summed E-state index contributed by atoms with van der Waals surface area (Å²) < 4.78 is 13.3. The van der Waals surface area contributed by atoms with Crippen LogP contribution in [0, 0.1) is 0 Å². The van der Waals surface area contributed by atoms with E-state index in [9.17, 15) is 0 Å². The van der Waals surface area contributed by atoms with Gasteiger partial charge in [-0.1, -0.05) is 6.92 Å². The number of rotatable bonds is 6. The Morgan fingerprint density at radius 1 is 1.24 bits per heavy atom. The molecule has 2 heterocycles. The van der Waals surface area contributed by atoms with Crippen molar-refractivity contribution in [3.8, 4) is 17.4 Å². The zero-order valence-electron chi connectivity index (χ0n) is 11.8. The molecule has 6 heteroatoms. The monoisotopic (exact) mass is 303 g/mol. The Labute approximate surface area is 126 Å². The minimum atomic E-state index is 0.380. The summed E-state index contributed by atoms with van der Waals surface area (Å²) in [5, 5.41) is 1.98. The molecule has 0 spiro atoms. The van der Waals surface area contributed by atoms with Crippen molar-refractivity contribution in [3.05, 3.63) is 41.5 Å². The Kier molecular flexibility index (Phi) is 4.08. The van der Waals surface area contributed by atoms with E-state index in [-0.39, 0.29) is 0 Å². The van der Waals surface area contributed by atoms with Gasteiger partial charge >= 0.3 is 0 Å². The molecule has 2 N–H and O–H groups in total. The Morgan fingerprint density at radius 2 is 2.00 bits per heavy atom. The molecule has 0 fully saturated rings. The number of fused-ring (bicyclic) bond motifs is 1. The van der Waals surface area contributed by atoms with Gasteiger partial charge in [0.2, 0.25) is 5.88 Å². The summed E-state index contributed by atoms with van der Waals surface area (Å²) in [6, 6.07) is 7.54. The first kappa shape index (κ1) is 13.9. The van der Waals surface area contributed by atoms with Crippen molar-refractivity contribution in [2.75, 3.05) is 6.61 Å². The van der Waals surface area contributed by atoms with Crippen molar-refractivity contribution >= 4 is 16.3 Å². The Balaban J connectivity index is 1.79. The van der Waals surface area contributed by atoms with Crippen LogP contribution in [0.4, 0.5) is 0 Å². The fraction of sp³-hybridized carbons (Fsp3) is 0.267. The molecule has 0 aliphatic heterocycles. The molecular formula is C15H17N3O2S. The van der Waals surface area contributed by atoms with Crippen LogP contribution in [0.25, 0.3) is 4.96 Å². The fourth-order valence-corrected chi connectivity index (χ4v) is 2.74. The van der Waals surface area contributed by atoms with E-state index in [1.165, 1.54) is 0 Å². The van der Waals surface area contributed by atoms with Gasteiger partial charge in [-0.15, -0.1) is 11.3 Å². The van der Waals surface area contributed by atoms with Gasteiger partial charge in [0.05, 0.1) is 6.61 Å². The number of nitrogens with two attached hydrogens (primary N) is 1. The van der Waals surface area contributed by atoms with E-state index >= 15 is 0 Å². The minimum absolute atomic E-state index is 0.380. The van der Waals surface area contributed by atoms with Crippen molar-refractivity contribution in [1.29, 1.82) is 0 Å². The van der Waals surface area contributed by atoms with Crippen LogP contribution in [0.15, 0.2) is 35.8 Å². The highest BCUT2D eigenvalue weighted by atomic mass is 32.1. The second-order valence-corrected chi connectivity index (χ2v) is 5.42. The van der Waals surface area contributed by atoms with E-state index in [4.69, 9.17) is 15.2 Å². The zero-order valence-corrected chi connectivity index (χ0v) is 12.6. The van der Waals surface area contributed by atoms with Gasteiger partial charge in [0.1, 0.15) is 17.2 Å². The Bertz CT molecular complexity index is 718. The number of hydrogen-bond donors (Lipinski definition) is 1. The van der Waals surface area contributed by atoms with E-state index in [1.54, 1.807) is 11.3 Å². The first-order valence-electron chi connectivity index (χ1n) is 6.87. The molecule has 0 unspecified atom stereocenters. The lowest BCUT2D eigenvalue weighted by molar-refractivity contribution is 0.317. The summed E-state index contributed by atoms with van der Waals surface area (Å²) in [4.78, 5) is 5.34. The van der Waals surface area contributed by atoms with E-state index < -0.39 is 0 Å². The number of nitrogens with zero attached hydrogens (tertiary/aromatic N) is 2. The lowest BCUT2D eigenvalue weighted by Crippen LogP contribution is -2.01. The minimum Gasteiger partial charge on any atom is -0.494 e. The van der Waals surface area contributed by atoms with Gasteiger partial charge in [-0.3, -0.25) is 4.40 Å². The van der Waals surface area contributed by atoms with E-state index in [0.29, 0.717) is 12.4 Å². The quantitative estimate of drug-likeness (QED) is 0.758. The number of imidazole rings is 1. The first-order valence-corrected chi connectivity index (χ1v) is 7.75. The third-order valence-corrected chi connectivity index (χ3v) is 3.79. The van der Waals surface area contributed by atoms with Crippen LogP contribution in [0.2, 0.25) is 0 Å². The molecule has 110 valence electrons. The smallest absolute Gasteiger partial charge is 0.243 e. The third-order valence-electron chi connectivity index (χ3n) is 3.03. The molecule has 0 atom stereocenters. The van der Waals surface area contributed by atoms with E-state index in [0.717, 1.165) is 35.2 Å². The summed E-state index contributed by atoms with van der Waals surface area (Å²) in [7, 11) is 0. The second-order valence-electron chi connectivity index (χ2n) is 4.55. The lowest BCUT2D eigenvalue weighted by atomic mass is 10.3. The molecule has 0 saturated heterocycles. The summed E-state index contributed by atoms with van der Waals surface area (Å²) in [6.07, 6.45) is 2.94. The van der Waals surface area contributed by atoms with Crippen LogP contribution < -0.4 is 15.2 Å². The number of hydrogen-bond acceptors (Lipinski definition) is 5. The van der Waals surface area contributed by atoms with Crippen LogP contribution in [-0.4, -0.2) is 16.0 Å². The van der Waals surface area contributed by atoms with Gasteiger partial charge in [-0.05, 0) is 30.7 Å².